The number of aromatic nitrogens is 1. The molecule has 0 bridgehead atoms. The third-order valence-electron chi connectivity index (χ3n) is 2.85. The van der Waals surface area contributed by atoms with Crippen LogP contribution in [0.15, 0.2) is 12.1 Å². The van der Waals surface area contributed by atoms with Gasteiger partial charge in [-0.2, -0.15) is 0 Å². The minimum absolute atomic E-state index is 0.289. The van der Waals surface area contributed by atoms with Crippen LogP contribution in [0.25, 0.3) is 0 Å². The molecule has 2 heterocycles. The molecule has 0 spiro atoms. The number of thiocarbonyl (C=S) groups is 1. The summed E-state index contributed by atoms with van der Waals surface area (Å²) in [4.78, 5) is 4.38. The molecule has 1 saturated heterocycles. The predicted octanol–water partition coefficient (Wildman–Crippen LogP) is 2.16. The lowest BCUT2D eigenvalue weighted by Crippen LogP contribution is -2.35. The third kappa shape index (κ3) is 3.92. The van der Waals surface area contributed by atoms with E-state index in [1.165, 1.54) is 5.56 Å². The van der Waals surface area contributed by atoms with E-state index in [4.69, 9.17) is 17.0 Å². The standard InChI is InChI=1S/C13H19N3OS/c1-9-6-10(2)15-12(7-9)16-13(18)14-8-11-4-3-5-17-11/h6-7,11H,3-5,8H2,1-2H3,(H2,14,15,16,18). The van der Waals surface area contributed by atoms with Crippen LogP contribution < -0.4 is 10.6 Å². The van der Waals surface area contributed by atoms with Crippen molar-refractivity contribution in [3.63, 3.8) is 0 Å². The summed E-state index contributed by atoms with van der Waals surface area (Å²) in [7, 11) is 0. The van der Waals surface area contributed by atoms with Crippen molar-refractivity contribution < 1.29 is 4.74 Å². The Kier molecular flexibility index (Phi) is 4.49. The number of ether oxygens (including phenoxy) is 1. The van der Waals surface area contributed by atoms with Gasteiger partial charge in [-0.05, 0) is 56.6 Å². The fourth-order valence-electron chi connectivity index (χ4n) is 2.08. The maximum Gasteiger partial charge on any atom is 0.172 e. The molecule has 98 valence electrons. The average molecular weight is 265 g/mol. The summed E-state index contributed by atoms with van der Waals surface area (Å²) >= 11 is 5.24. The summed E-state index contributed by atoms with van der Waals surface area (Å²) in [5, 5.41) is 6.87. The number of pyridine rings is 1. The molecule has 4 nitrogen and oxygen atoms in total. The molecule has 1 fully saturated rings. The van der Waals surface area contributed by atoms with Gasteiger partial charge in [-0.15, -0.1) is 0 Å². The van der Waals surface area contributed by atoms with Gasteiger partial charge in [0.1, 0.15) is 5.82 Å². The van der Waals surface area contributed by atoms with Crippen molar-refractivity contribution >= 4 is 23.1 Å². The van der Waals surface area contributed by atoms with Crippen molar-refractivity contribution in [2.45, 2.75) is 32.8 Å². The van der Waals surface area contributed by atoms with E-state index >= 15 is 0 Å². The third-order valence-corrected chi connectivity index (χ3v) is 3.10. The highest BCUT2D eigenvalue weighted by atomic mass is 32.1. The van der Waals surface area contributed by atoms with Crippen molar-refractivity contribution in [1.82, 2.24) is 10.3 Å². The Hall–Kier alpha value is -1.20. The maximum atomic E-state index is 5.53. The van der Waals surface area contributed by atoms with E-state index in [-0.39, 0.29) is 6.10 Å². The zero-order valence-electron chi connectivity index (χ0n) is 10.8. The quantitative estimate of drug-likeness (QED) is 0.820. The molecular formula is C13H19N3OS. The molecule has 5 heteroatoms. The van der Waals surface area contributed by atoms with Crippen LogP contribution in [0.1, 0.15) is 24.1 Å². The largest absolute Gasteiger partial charge is 0.376 e. The van der Waals surface area contributed by atoms with Crippen LogP contribution in [0.2, 0.25) is 0 Å². The Morgan fingerprint density at radius 2 is 2.33 bits per heavy atom. The molecule has 18 heavy (non-hydrogen) atoms. The van der Waals surface area contributed by atoms with Gasteiger partial charge in [0, 0.05) is 18.8 Å². The van der Waals surface area contributed by atoms with E-state index in [2.05, 4.69) is 15.6 Å². The molecule has 1 aromatic rings. The Balaban J connectivity index is 1.82. The Morgan fingerprint density at radius 1 is 1.50 bits per heavy atom. The average Bonchev–Trinajstić information content (AvgIpc) is 2.77. The zero-order chi connectivity index (χ0) is 13.0. The number of nitrogens with one attached hydrogen (secondary N) is 2. The van der Waals surface area contributed by atoms with Crippen LogP contribution in [0, 0.1) is 13.8 Å². The van der Waals surface area contributed by atoms with Gasteiger partial charge in [0.25, 0.3) is 0 Å². The zero-order valence-corrected chi connectivity index (χ0v) is 11.6. The minimum Gasteiger partial charge on any atom is -0.376 e. The first-order chi connectivity index (χ1) is 8.63. The van der Waals surface area contributed by atoms with Gasteiger partial charge in [0.05, 0.1) is 6.10 Å². The van der Waals surface area contributed by atoms with E-state index in [0.29, 0.717) is 5.11 Å². The van der Waals surface area contributed by atoms with Crippen LogP contribution in [0.4, 0.5) is 5.82 Å². The van der Waals surface area contributed by atoms with E-state index in [1.807, 2.05) is 26.0 Å². The normalized spacial score (nSPS) is 18.7. The number of anilines is 1. The molecule has 2 rings (SSSR count). The van der Waals surface area contributed by atoms with Gasteiger partial charge in [-0.3, -0.25) is 0 Å². The topological polar surface area (TPSA) is 46.2 Å². The van der Waals surface area contributed by atoms with Crippen LogP contribution >= 0.6 is 12.2 Å². The van der Waals surface area contributed by atoms with Gasteiger partial charge in [0.2, 0.25) is 0 Å². The van der Waals surface area contributed by atoms with Crippen LogP contribution in [-0.4, -0.2) is 29.4 Å². The highest BCUT2D eigenvalue weighted by molar-refractivity contribution is 7.80. The summed E-state index contributed by atoms with van der Waals surface area (Å²) in [5.74, 6) is 0.789. The molecule has 0 radical (unpaired) electrons. The van der Waals surface area contributed by atoms with Crippen molar-refractivity contribution in [3.8, 4) is 0 Å². The Labute approximate surface area is 113 Å². The van der Waals surface area contributed by atoms with Crippen molar-refractivity contribution in [2.75, 3.05) is 18.5 Å². The van der Waals surface area contributed by atoms with Gasteiger partial charge >= 0.3 is 0 Å². The summed E-state index contributed by atoms with van der Waals surface area (Å²) in [6.07, 6.45) is 2.54. The fourth-order valence-corrected chi connectivity index (χ4v) is 2.27. The van der Waals surface area contributed by atoms with Crippen molar-refractivity contribution in [1.29, 1.82) is 0 Å². The second kappa shape index (κ2) is 6.11. The van der Waals surface area contributed by atoms with Gasteiger partial charge in [-0.1, -0.05) is 0 Å². The van der Waals surface area contributed by atoms with Crippen LogP contribution in [0.3, 0.4) is 0 Å². The molecule has 0 aromatic carbocycles. The highest BCUT2D eigenvalue weighted by Gasteiger charge is 2.15. The second-order valence-electron chi connectivity index (χ2n) is 4.64. The van der Waals surface area contributed by atoms with E-state index < -0.39 is 0 Å². The maximum absolute atomic E-state index is 5.53. The lowest BCUT2D eigenvalue weighted by Gasteiger charge is -2.14. The summed E-state index contributed by atoms with van der Waals surface area (Å²) < 4.78 is 5.53. The van der Waals surface area contributed by atoms with Gasteiger partial charge < -0.3 is 15.4 Å². The van der Waals surface area contributed by atoms with Gasteiger partial charge in [0.15, 0.2) is 5.11 Å². The number of nitrogens with zero attached hydrogens (tertiary/aromatic N) is 1. The molecule has 1 atom stereocenters. The van der Waals surface area contributed by atoms with Gasteiger partial charge in [-0.25, -0.2) is 4.98 Å². The molecule has 1 aliphatic heterocycles. The van der Waals surface area contributed by atoms with E-state index in [9.17, 15) is 0 Å². The Morgan fingerprint density at radius 3 is 3.00 bits per heavy atom. The molecule has 0 amide bonds. The number of rotatable bonds is 3. The first-order valence-electron chi connectivity index (χ1n) is 6.25. The highest BCUT2D eigenvalue weighted by Crippen LogP contribution is 2.11. The number of hydrogen-bond donors (Lipinski definition) is 2. The van der Waals surface area contributed by atoms with E-state index in [1.54, 1.807) is 0 Å². The smallest absolute Gasteiger partial charge is 0.172 e. The molecule has 0 aliphatic carbocycles. The van der Waals surface area contributed by atoms with Crippen molar-refractivity contribution in [2.24, 2.45) is 0 Å². The summed E-state index contributed by atoms with van der Waals surface area (Å²) in [6, 6.07) is 4.01. The first-order valence-corrected chi connectivity index (χ1v) is 6.66. The molecule has 1 aliphatic rings. The first kappa shape index (κ1) is 13.2. The fraction of sp³-hybridized carbons (Fsp3) is 0.538. The Bertz CT molecular complexity index is 410. The lowest BCUT2D eigenvalue weighted by molar-refractivity contribution is 0.114. The summed E-state index contributed by atoms with van der Waals surface area (Å²) in [6.45, 7) is 5.64. The molecule has 1 unspecified atom stereocenters. The molecule has 0 saturated carbocycles. The second-order valence-corrected chi connectivity index (χ2v) is 5.05. The van der Waals surface area contributed by atoms with Crippen LogP contribution in [0.5, 0.6) is 0 Å². The van der Waals surface area contributed by atoms with Crippen LogP contribution in [-0.2, 0) is 4.74 Å². The monoisotopic (exact) mass is 265 g/mol. The lowest BCUT2D eigenvalue weighted by atomic mass is 10.2. The number of hydrogen-bond acceptors (Lipinski definition) is 3. The molecule has 2 N–H and O–H groups in total. The number of aryl methyl sites for hydroxylation is 2. The predicted molar refractivity (Wildman–Crippen MR) is 76.9 cm³/mol. The molecule has 1 aromatic heterocycles. The van der Waals surface area contributed by atoms with E-state index in [0.717, 1.165) is 37.5 Å². The molecular weight excluding hydrogens is 246 g/mol. The SMILES string of the molecule is Cc1cc(C)nc(NC(=S)NCC2CCCO2)c1. The summed E-state index contributed by atoms with van der Waals surface area (Å²) in [5.41, 5.74) is 2.16. The minimum atomic E-state index is 0.289. The van der Waals surface area contributed by atoms with Crippen molar-refractivity contribution in [3.05, 3.63) is 23.4 Å².